The zero-order valence-electron chi connectivity index (χ0n) is 15.7. The van der Waals surface area contributed by atoms with Gasteiger partial charge in [0.05, 0.1) is 0 Å². The van der Waals surface area contributed by atoms with Crippen LogP contribution in [-0.2, 0) is 21.7 Å². The van der Waals surface area contributed by atoms with E-state index in [1.54, 1.807) is 0 Å². The average Bonchev–Trinajstić information content (AvgIpc) is 3.42. The Morgan fingerprint density at radius 1 is 0.654 bits per heavy atom. The molecule has 2 aromatic rings. The van der Waals surface area contributed by atoms with E-state index >= 15 is 0 Å². The summed E-state index contributed by atoms with van der Waals surface area (Å²) in [5, 5.41) is 0. The van der Waals surface area contributed by atoms with E-state index in [2.05, 4.69) is 85.9 Å². The number of rotatable bonds is 1. The van der Waals surface area contributed by atoms with Gasteiger partial charge in [0.2, 0.25) is 0 Å². The largest absolute Gasteiger partial charge is 2.00 e. The second-order valence-corrected chi connectivity index (χ2v) is 6.47. The van der Waals surface area contributed by atoms with Crippen LogP contribution < -0.4 is 0 Å². The molecule has 26 heavy (non-hydrogen) atoms. The molecule has 0 aromatic heterocycles. The van der Waals surface area contributed by atoms with Gasteiger partial charge in [0.1, 0.15) is 0 Å². The van der Waals surface area contributed by atoms with E-state index < -0.39 is 0 Å². The van der Waals surface area contributed by atoms with Gasteiger partial charge in [-0.1, -0.05) is 73.8 Å². The minimum atomic E-state index is 0. The molecule has 0 bridgehead atoms. The standard InChI is InChI=1S/C12H10.2C5H5.C2H7Si.Ti/c1-3-7-11(8-4-1)12-9-5-2-6-10-12;2*1-2-4-5-3-1;1-3-2;/h1-10H;2*1-3H,4H2;3H,1-2H3;/q;2*-1;;+2. The predicted molar refractivity (Wildman–Crippen MR) is 114 cm³/mol. The molecule has 0 spiro atoms. The first-order chi connectivity index (χ1) is 12.4. The summed E-state index contributed by atoms with van der Waals surface area (Å²) in [6.45, 7) is 4.42. The molecule has 2 aromatic carbocycles. The molecule has 0 saturated heterocycles. The summed E-state index contributed by atoms with van der Waals surface area (Å²) in [5.41, 5.74) is 2.55. The fraction of sp³-hybridized carbons (Fsp3) is 0.167. The molecule has 131 valence electrons. The van der Waals surface area contributed by atoms with E-state index in [4.69, 9.17) is 0 Å². The predicted octanol–water partition coefficient (Wildman–Crippen LogP) is 6.48. The van der Waals surface area contributed by atoms with Crippen molar-refractivity contribution in [3.05, 3.63) is 109 Å². The summed E-state index contributed by atoms with van der Waals surface area (Å²) >= 11 is 0. The van der Waals surface area contributed by atoms with E-state index in [-0.39, 0.29) is 21.7 Å². The monoisotopic (exact) mass is 391 g/mol. The molecule has 4 rings (SSSR count). The van der Waals surface area contributed by atoms with Crippen molar-refractivity contribution in [1.29, 1.82) is 0 Å². The summed E-state index contributed by atoms with van der Waals surface area (Å²) in [6, 6.07) is 20.8. The average molecular weight is 391 g/mol. The Labute approximate surface area is 177 Å². The van der Waals surface area contributed by atoms with Gasteiger partial charge < -0.3 is 0 Å². The SMILES string of the molecule is C[SiH]C.[C-]1=CC=CC1.[C-]1=CC=CC1.[Ti+2].c1ccc(-c2ccccc2)cc1. The first-order valence-electron chi connectivity index (χ1n) is 8.66. The number of hydrogen-bond donors (Lipinski definition) is 0. The molecule has 0 saturated carbocycles. The molecular weight excluding hydrogens is 364 g/mol. The zero-order chi connectivity index (χ0) is 18.0. The van der Waals surface area contributed by atoms with Crippen molar-refractivity contribution < 1.29 is 21.7 Å². The quantitative estimate of drug-likeness (QED) is 0.385. The first kappa shape index (κ1) is 24.3. The van der Waals surface area contributed by atoms with Crippen molar-refractivity contribution >= 4 is 9.52 Å². The van der Waals surface area contributed by atoms with E-state index in [0.717, 1.165) is 22.4 Å². The molecular formula is C24H27SiTi. The molecule has 0 atom stereocenters. The Balaban J connectivity index is 0.000000373. The molecule has 0 amide bonds. The number of benzene rings is 2. The van der Waals surface area contributed by atoms with Gasteiger partial charge in [-0.05, 0) is 11.1 Å². The van der Waals surface area contributed by atoms with Gasteiger partial charge in [-0.2, -0.15) is 12.2 Å². The summed E-state index contributed by atoms with van der Waals surface area (Å²) < 4.78 is 0. The maximum absolute atomic E-state index is 2.99. The zero-order valence-corrected chi connectivity index (χ0v) is 18.4. The molecule has 0 N–H and O–H groups in total. The van der Waals surface area contributed by atoms with Crippen molar-refractivity contribution in [2.45, 2.75) is 25.9 Å². The molecule has 0 fully saturated rings. The van der Waals surface area contributed by atoms with Crippen LogP contribution in [0.1, 0.15) is 12.8 Å². The van der Waals surface area contributed by atoms with Crippen LogP contribution in [0.5, 0.6) is 0 Å². The van der Waals surface area contributed by atoms with Crippen molar-refractivity contribution in [3.8, 4) is 11.1 Å². The van der Waals surface area contributed by atoms with Crippen molar-refractivity contribution in [1.82, 2.24) is 0 Å². The Kier molecular flexibility index (Phi) is 17.0. The van der Waals surface area contributed by atoms with E-state index in [1.165, 1.54) is 11.1 Å². The van der Waals surface area contributed by atoms with Gasteiger partial charge in [-0.25, -0.2) is 24.3 Å². The van der Waals surface area contributed by atoms with Gasteiger partial charge >= 0.3 is 21.7 Å². The summed E-state index contributed by atoms with van der Waals surface area (Å²) in [7, 11) is 0.750. The first-order valence-corrected chi connectivity index (χ1v) is 11.0. The molecule has 0 unspecified atom stereocenters. The van der Waals surface area contributed by atoms with Gasteiger partial charge in [0.15, 0.2) is 0 Å². The van der Waals surface area contributed by atoms with Crippen molar-refractivity contribution in [2.24, 2.45) is 0 Å². The Morgan fingerprint density at radius 3 is 1.19 bits per heavy atom. The second kappa shape index (κ2) is 18.1. The number of allylic oxidation sites excluding steroid dienone is 8. The third-order valence-corrected chi connectivity index (χ3v) is 3.05. The van der Waals surface area contributed by atoms with Gasteiger partial charge in [0.25, 0.3) is 0 Å². The summed E-state index contributed by atoms with van der Waals surface area (Å²) in [6.07, 6.45) is 20.0. The summed E-state index contributed by atoms with van der Waals surface area (Å²) in [5.74, 6) is 0. The van der Waals surface area contributed by atoms with Gasteiger partial charge in [-0.15, -0.1) is 12.8 Å². The van der Waals surface area contributed by atoms with Crippen LogP contribution in [0.3, 0.4) is 0 Å². The molecule has 2 heteroatoms. The molecule has 0 nitrogen and oxygen atoms in total. The summed E-state index contributed by atoms with van der Waals surface area (Å²) in [4.78, 5) is 0. The molecule has 0 aliphatic heterocycles. The Morgan fingerprint density at radius 2 is 1.00 bits per heavy atom. The fourth-order valence-corrected chi connectivity index (χ4v) is 1.94. The van der Waals surface area contributed by atoms with Crippen molar-refractivity contribution in [3.63, 3.8) is 0 Å². The van der Waals surface area contributed by atoms with Crippen LogP contribution in [0.25, 0.3) is 11.1 Å². The molecule has 0 heterocycles. The maximum atomic E-state index is 2.99. The van der Waals surface area contributed by atoms with E-state index in [0.29, 0.717) is 0 Å². The third-order valence-electron chi connectivity index (χ3n) is 3.05. The van der Waals surface area contributed by atoms with Crippen LogP contribution in [0.4, 0.5) is 0 Å². The Bertz CT molecular complexity index is 576. The van der Waals surface area contributed by atoms with Crippen LogP contribution in [-0.4, -0.2) is 9.52 Å². The van der Waals surface area contributed by atoms with Gasteiger partial charge in [-0.3, -0.25) is 12.2 Å². The molecule has 1 radical (unpaired) electrons. The van der Waals surface area contributed by atoms with Crippen molar-refractivity contribution in [2.75, 3.05) is 0 Å². The second-order valence-electron chi connectivity index (χ2n) is 5.32. The molecule has 2 aliphatic carbocycles. The minimum Gasteiger partial charge on any atom is -0.273 e. The van der Waals surface area contributed by atoms with Crippen LogP contribution >= 0.6 is 0 Å². The topological polar surface area (TPSA) is 0 Å². The van der Waals surface area contributed by atoms with Crippen LogP contribution in [0.2, 0.25) is 13.1 Å². The van der Waals surface area contributed by atoms with E-state index in [1.807, 2.05) is 36.4 Å². The normalized spacial score (nSPS) is 11.9. The fourth-order valence-electron chi connectivity index (χ4n) is 1.94. The van der Waals surface area contributed by atoms with Crippen LogP contribution in [0, 0.1) is 12.2 Å². The van der Waals surface area contributed by atoms with Gasteiger partial charge in [0, 0.05) is 9.52 Å². The Hall–Kier alpha value is -1.67. The van der Waals surface area contributed by atoms with E-state index in [9.17, 15) is 0 Å². The molecule has 2 aliphatic rings. The maximum Gasteiger partial charge on any atom is 2.00 e. The van der Waals surface area contributed by atoms with Crippen LogP contribution in [0.15, 0.2) is 97.1 Å². The smallest absolute Gasteiger partial charge is 0.273 e. The third kappa shape index (κ3) is 12.7. The number of hydrogen-bond acceptors (Lipinski definition) is 0. The minimum absolute atomic E-state index is 0.